The van der Waals surface area contributed by atoms with Crippen molar-refractivity contribution in [2.24, 2.45) is 0 Å². The zero-order valence-electron chi connectivity index (χ0n) is 11.6. The molecule has 4 heteroatoms. The zero-order valence-corrected chi connectivity index (χ0v) is 12.4. The minimum atomic E-state index is -0.0358. The summed E-state index contributed by atoms with van der Waals surface area (Å²) in [7, 11) is 0. The standard InChI is InChI=1S/C14H24N2OS/c1-13(2,3)12-15-8-11(18-12)9-16-14(10-17)6-4-5-7-14/h8,16-17H,4-7,9-10H2,1-3H3. The summed E-state index contributed by atoms with van der Waals surface area (Å²) in [4.78, 5) is 5.76. The quantitative estimate of drug-likeness (QED) is 0.882. The second-order valence-electron chi connectivity index (χ2n) is 6.38. The predicted molar refractivity (Wildman–Crippen MR) is 75.9 cm³/mol. The molecule has 3 nitrogen and oxygen atoms in total. The van der Waals surface area contributed by atoms with Crippen molar-refractivity contribution in [3.63, 3.8) is 0 Å². The second-order valence-corrected chi connectivity index (χ2v) is 7.50. The third-order valence-corrected chi connectivity index (χ3v) is 5.12. The van der Waals surface area contributed by atoms with Crippen molar-refractivity contribution in [1.29, 1.82) is 0 Å². The molecule has 0 radical (unpaired) electrons. The number of hydrogen-bond donors (Lipinski definition) is 2. The average molecular weight is 268 g/mol. The molecule has 18 heavy (non-hydrogen) atoms. The van der Waals surface area contributed by atoms with Crippen LogP contribution in [0.2, 0.25) is 0 Å². The molecule has 102 valence electrons. The normalized spacial score (nSPS) is 19.3. The van der Waals surface area contributed by atoms with Crippen molar-refractivity contribution in [3.8, 4) is 0 Å². The number of aromatic nitrogens is 1. The molecule has 1 heterocycles. The number of nitrogens with one attached hydrogen (secondary N) is 1. The molecule has 0 atom stereocenters. The van der Waals surface area contributed by atoms with Gasteiger partial charge < -0.3 is 10.4 Å². The highest BCUT2D eigenvalue weighted by Crippen LogP contribution is 2.31. The fourth-order valence-corrected chi connectivity index (χ4v) is 3.36. The van der Waals surface area contributed by atoms with E-state index in [2.05, 4.69) is 31.1 Å². The van der Waals surface area contributed by atoms with Gasteiger partial charge in [-0.25, -0.2) is 4.98 Å². The van der Waals surface area contributed by atoms with Gasteiger partial charge in [0.2, 0.25) is 0 Å². The van der Waals surface area contributed by atoms with Crippen LogP contribution in [-0.4, -0.2) is 22.2 Å². The first-order valence-corrected chi connectivity index (χ1v) is 7.58. The lowest BCUT2D eigenvalue weighted by atomic mass is 9.98. The number of rotatable bonds is 4. The van der Waals surface area contributed by atoms with Crippen LogP contribution in [0.1, 0.15) is 56.3 Å². The Morgan fingerprint density at radius 3 is 2.56 bits per heavy atom. The molecule has 0 spiro atoms. The summed E-state index contributed by atoms with van der Waals surface area (Å²) in [5.74, 6) is 0. The molecular formula is C14H24N2OS. The van der Waals surface area contributed by atoms with Crippen LogP contribution < -0.4 is 5.32 Å². The Labute approximate surface area is 114 Å². The van der Waals surface area contributed by atoms with Crippen molar-refractivity contribution in [1.82, 2.24) is 10.3 Å². The van der Waals surface area contributed by atoms with E-state index in [0.29, 0.717) is 0 Å². The molecule has 1 aliphatic carbocycles. The van der Waals surface area contributed by atoms with Crippen LogP contribution in [0.5, 0.6) is 0 Å². The highest BCUT2D eigenvalue weighted by atomic mass is 32.1. The molecule has 1 aliphatic rings. The molecule has 1 aromatic rings. The maximum absolute atomic E-state index is 9.55. The van der Waals surface area contributed by atoms with Gasteiger partial charge in [0.15, 0.2) is 0 Å². The fourth-order valence-electron chi connectivity index (χ4n) is 2.45. The maximum atomic E-state index is 9.55. The number of aliphatic hydroxyl groups is 1. The van der Waals surface area contributed by atoms with Crippen LogP contribution in [0, 0.1) is 0 Å². The Morgan fingerprint density at radius 1 is 1.39 bits per heavy atom. The molecule has 0 bridgehead atoms. The van der Waals surface area contributed by atoms with E-state index < -0.39 is 0 Å². The summed E-state index contributed by atoms with van der Waals surface area (Å²) < 4.78 is 0. The van der Waals surface area contributed by atoms with Crippen LogP contribution >= 0.6 is 11.3 Å². The lowest BCUT2D eigenvalue weighted by Crippen LogP contribution is -2.45. The highest BCUT2D eigenvalue weighted by Gasteiger charge is 2.32. The van der Waals surface area contributed by atoms with Crippen molar-refractivity contribution >= 4 is 11.3 Å². The molecular weight excluding hydrogens is 244 g/mol. The summed E-state index contributed by atoms with van der Waals surface area (Å²) in [6.45, 7) is 7.64. The van der Waals surface area contributed by atoms with Crippen LogP contribution in [0.15, 0.2) is 6.20 Å². The van der Waals surface area contributed by atoms with E-state index in [0.717, 1.165) is 19.4 Å². The van der Waals surface area contributed by atoms with Gasteiger partial charge in [0.05, 0.1) is 11.6 Å². The summed E-state index contributed by atoms with van der Waals surface area (Å²) in [5.41, 5.74) is 0.0941. The Bertz CT molecular complexity index is 389. The van der Waals surface area contributed by atoms with Gasteiger partial charge in [-0.1, -0.05) is 33.6 Å². The second kappa shape index (κ2) is 5.27. The fraction of sp³-hybridized carbons (Fsp3) is 0.786. The molecule has 2 N–H and O–H groups in total. The Kier molecular flexibility index (Phi) is 4.09. The van der Waals surface area contributed by atoms with Gasteiger partial charge in [-0.2, -0.15) is 0 Å². The monoisotopic (exact) mass is 268 g/mol. The maximum Gasteiger partial charge on any atom is 0.0981 e. The van der Waals surface area contributed by atoms with Gasteiger partial charge in [-0.05, 0) is 12.8 Å². The number of nitrogens with zero attached hydrogens (tertiary/aromatic N) is 1. The minimum absolute atomic E-state index is 0.0358. The smallest absolute Gasteiger partial charge is 0.0981 e. The van der Waals surface area contributed by atoms with E-state index >= 15 is 0 Å². The van der Waals surface area contributed by atoms with Crippen molar-refractivity contribution in [3.05, 3.63) is 16.1 Å². The summed E-state index contributed by atoms with van der Waals surface area (Å²) in [6, 6.07) is 0. The molecule has 1 fully saturated rings. The van der Waals surface area contributed by atoms with E-state index in [9.17, 15) is 5.11 Å². The molecule has 0 amide bonds. The first-order chi connectivity index (χ1) is 8.45. The highest BCUT2D eigenvalue weighted by molar-refractivity contribution is 7.11. The Hall–Kier alpha value is -0.450. The van der Waals surface area contributed by atoms with Gasteiger partial charge >= 0.3 is 0 Å². The summed E-state index contributed by atoms with van der Waals surface area (Å²) in [6.07, 6.45) is 6.61. The Balaban J connectivity index is 1.96. The number of thiazole rings is 1. The Morgan fingerprint density at radius 2 is 2.06 bits per heavy atom. The minimum Gasteiger partial charge on any atom is -0.394 e. The molecule has 1 aromatic heterocycles. The van der Waals surface area contributed by atoms with Gasteiger partial charge in [-0.3, -0.25) is 0 Å². The predicted octanol–water partition coefficient (Wildman–Crippen LogP) is 2.84. The summed E-state index contributed by atoms with van der Waals surface area (Å²) in [5, 5.41) is 14.3. The average Bonchev–Trinajstić information content (AvgIpc) is 2.96. The largest absolute Gasteiger partial charge is 0.394 e. The third kappa shape index (κ3) is 3.11. The van der Waals surface area contributed by atoms with E-state index in [1.54, 1.807) is 11.3 Å². The van der Waals surface area contributed by atoms with E-state index in [1.165, 1.54) is 22.7 Å². The molecule has 2 rings (SSSR count). The third-order valence-electron chi connectivity index (χ3n) is 3.70. The van der Waals surface area contributed by atoms with Crippen LogP contribution in [0.4, 0.5) is 0 Å². The molecule has 0 aliphatic heterocycles. The topological polar surface area (TPSA) is 45.2 Å². The SMILES string of the molecule is CC(C)(C)c1ncc(CNC2(CO)CCCC2)s1. The number of aliphatic hydroxyl groups excluding tert-OH is 1. The van der Waals surface area contributed by atoms with Gasteiger partial charge in [0.25, 0.3) is 0 Å². The number of hydrogen-bond acceptors (Lipinski definition) is 4. The van der Waals surface area contributed by atoms with E-state index in [1.807, 2.05) is 6.20 Å². The van der Waals surface area contributed by atoms with Crippen LogP contribution in [-0.2, 0) is 12.0 Å². The van der Waals surface area contributed by atoms with Crippen LogP contribution in [0.3, 0.4) is 0 Å². The first-order valence-electron chi connectivity index (χ1n) is 6.76. The lowest BCUT2D eigenvalue weighted by molar-refractivity contribution is 0.163. The molecule has 0 saturated heterocycles. The molecule has 1 saturated carbocycles. The van der Waals surface area contributed by atoms with Crippen molar-refractivity contribution in [2.75, 3.05) is 6.61 Å². The van der Waals surface area contributed by atoms with Gasteiger partial charge in [0.1, 0.15) is 0 Å². The van der Waals surface area contributed by atoms with Crippen LogP contribution in [0.25, 0.3) is 0 Å². The van der Waals surface area contributed by atoms with E-state index in [4.69, 9.17) is 0 Å². The first kappa shape index (κ1) is 14.0. The van der Waals surface area contributed by atoms with E-state index in [-0.39, 0.29) is 17.6 Å². The van der Waals surface area contributed by atoms with Gasteiger partial charge in [0, 0.05) is 28.6 Å². The van der Waals surface area contributed by atoms with Crippen molar-refractivity contribution < 1.29 is 5.11 Å². The summed E-state index contributed by atoms with van der Waals surface area (Å²) >= 11 is 1.78. The van der Waals surface area contributed by atoms with Gasteiger partial charge in [-0.15, -0.1) is 11.3 Å². The van der Waals surface area contributed by atoms with Crippen molar-refractivity contribution in [2.45, 2.75) is 64.0 Å². The lowest BCUT2D eigenvalue weighted by Gasteiger charge is -2.27. The zero-order chi connectivity index (χ0) is 13.2. The molecule has 0 aromatic carbocycles. The molecule has 0 unspecified atom stereocenters.